The molecule has 2 heteroatoms. The van der Waals surface area contributed by atoms with E-state index in [9.17, 15) is 0 Å². The summed E-state index contributed by atoms with van der Waals surface area (Å²) in [6.45, 7) is 5.68. The molecule has 4 atom stereocenters. The first-order valence-electron chi connectivity index (χ1n) is 7.90. The van der Waals surface area contributed by atoms with Crippen LogP contribution >= 0.6 is 0 Å². The van der Waals surface area contributed by atoms with Crippen LogP contribution < -0.4 is 0 Å². The van der Waals surface area contributed by atoms with E-state index >= 15 is 0 Å². The predicted octanol–water partition coefficient (Wildman–Crippen LogP) is 2.35. The lowest BCUT2D eigenvalue weighted by atomic mass is 9.71. The van der Waals surface area contributed by atoms with Gasteiger partial charge in [0, 0.05) is 25.2 Å². The van der Waals surface area contributed by atoms with Gasteiger partial charge < -0.3 is 0 Å². The molecule has 0 N–H and O–H groups in total. The highest BCUT2D eigenvalue weighted by Crippen LogP contribution is 2.42. The Morgan fingerprint density at radius 1 is 0.647 bits per heavy atom. The van der Waals surface area contributed by atoms with Crippen molar-refractivity contribution in [3.8, 4) is 0 Å². The van der Waals surface area contributed by atoms with Crippen LogP contribution in [-0.2, 0) is 0 Å². The Morgan fingerprint density at radius 3 is 1.71 bits per heavy atom. The molecule has 4 aliphatic heterocycles. The molecule has 0 aliphatic carbocycles. The van der Waals surface area contributed by atoms with E-state index in [4.69, 9.17) is 0 Å². The number of hydrogen-bond acceptors (Lipinski definition) is 2. The zero-order valence-electron chi connectivity index (χ0n) is 11.0. The van der Waals surface area contributed by atoms with Crippen molar-refractivity contribution in [3.05, 3.63) is 0 Å². The van der Waals surface area contributed by atoms with Gasteiger partial charge in [0.25, 0.3) is 0 Å². The van der Waals surface area contributed by atoms with Crippen molar-refractivity contribution < 1.29 is 0 Å². The van der Waals surface area contributed by atoms with E-state index in [1.165, 1.54) is 64.7 Å². The van der Waals surface area contributed by atoms with Gasteiger partial charge in [0.1, 0.15) is 0 Å². The van der Waals surface area contributed by atoms with Gasteiger partial charge in [-0.2, -0.15) is 0 Å². The van der Waals surface area contributed by atoms with Gasteiger partial charge in [0.05, 0.1) is 0 Å². The molecule has 4 heterocycles. The molecule has 0 amide bonds. The fraction of sp³-hybridized carbons (Fsp3) is 1.00. The minimum Gasteiger partial charge on any atom is -0.300 e. The number of rotatable bonds is 0. The first-order valence-corrected chi connectivity index (χ1v) is 7.90. The first-order chi connectivity index (χ1) is 8.42. The molecule has 4 aliphatic rings. The van der Waals surface area contributed by atoms with Gasteiger partial charge in [-0.1, -0.05) is 12.8 Å². The normalized spacial score (nSPS) is 47.3. The highest BCUT2D eigenvalue weighted by molar-refractivity contribution is 5.00. The van der Waals surface area contributed by atoms with Crippen LogP contribution in [0, 0.1) is 11.8 Å². The van der Waals surface area contributed by atoms with E-state index in [1.807, 2.05) is 0 Å². The lowest BCUT2D eigenvalue weighted by molar-refractivity contribution is -0.0718. The quantitative estimate of drug-likeness (QED) is 0.635. The molecule has 0 aromatic heterocycles. The van der Waals surface area contributed by atoms with Crippen molar-refractivity contribution in [2.75, 3.05) is 26.2 Å². The van der Waals surface area contributed by atoms with Crippen LogP contribution in [0.4, 0.5) is 0 Å². The first kappa shape index (κ1) is 10.8. The zero-order chi connectivity index (χ0) is 11.2. The van der Waals surface area contributed by atoms with E-state index in [-0.39, 0.29) is 0 Å². The van der Waals surface area contributed by atoms with Gasteiger partial charge >= 0.3 is 0 Å². The third-order valence-electron chi connectivity index (χ3n) is 5.96. The fourth-order valence-corrected chi connectivity index (χ4v) is 5.25. The molecule has 3 unspecified atom stereocenters. The molecule has 0 aromatic carbocycles. The minimum absolute atomic E-state index is 0.961. The molecule has 4 fully saturated rings. The van der Waals surface area contributed by atoms with Crippen molar-refractivity contribution in [1.29, 1.82) is 0 Å². The fourth-order valence-electron chi connectivity index (χ4n) is 5.25. The van der Waals surface area contributed by atoms with Crippen molar-refractivity contribution in [2.45, 2.75) is 57.0 Å². The van der Waals surface area contributed by atoms with E-state index in [0.717, 1.165) is 23.9 Å². The van der Waals surface area contributed by atoms with Crippen molar-refractivity contribution in [3.63, 3.8) is 0 Å². The number of fused-ring (bicyclic) bond motifs is 6. The van der Waals surface area contributed by atoms with Crippen LogP contribution in [0.15, 0.2) is 0 Å². The lowest BCUT2D eigenvalue weighted by Gasteiger charge is -2.57. The maximum atomic E-state index is 2.87. The Balaban J connectivity index is 1.56. The van der Waals surface area contributed by atoms with E-state index in [1.54, 1.807) is 6.42 Å². The van der Waals surface area contributed by atoms with Gasteiger partial charge in [-0.3, -0.25) is 9.80 Å². The third kappa shape index (κ3) is 1.76. The van der Waals surface area contributed by atoms with E-state index in [2.05, 4.69) is 9.80 Å². The average molecular weight is 234 g/mol. The zero-order valence-corrected chi connectivity index (χ0v) is 11.0. The number of hydrogen-bond donors (Lipinski definition) is 0. The third-order valence-corrected chi connectivity index (χ3v) is 5.96. The molecular formula is C15H26N2. The monoisotopic (exact) mass is 234 g/mol. The molecule has 17 heavy (non-hydrogen) atoms. The summed E-state index contributed by atoms with van der Waals surface area (Å²) >= 11 is 0. The topological polar surface area (TPSA) is 6.48 Å². The summed E-state index contributed by atoms with van der Waals surface area (Å²) in [5.41, 5.74) is 0. The van der Waals surface area contributed by atoms with Crippen molar-refractivity contribution >= 4 is 0 Å². The summed E-state index contributed by atoms with van der Waals surface area (Å²) < 4.78 is 0. The molecule has 2 bridgehead atoms. The van der Waals surface area contributed by atoms with Crippen LogP contribution in [0.3, 0.4) is 0 Å². The van der Waals surface area contributed by atoms with E-state index in [0.29, 0.717) is 0 Å². The lowest BCUT2D eigenvalue weighted by Crippen LogP contribution is -2.63. The van der Waals surface area contributed by atoms with Crippen LogP contribution in [0.5, 0.6) is 0 Å². The summed E-state index contributed by atoms with van der Waals surface area (Å²) in [7, 11) is 0. The second-order valence-electron chi connectivity index (χ2n) is 6.87. The largest absolute Gasteiger partial charge is 0.300 e. The molecule has 0 saturated carbocycles. The van der Waals surface area contributed by atoms with E-state index < -0.39 is 0 Å². The van der Waals surface area contributed by atoms with Crippen LogP contribution in [0.2, 0.25) is 0 Å². The summed E-state index contributed by atoms with van der Waals surface area (Å²) in [6.07, 6.45) is 10.5. The van der Waals surface area contributed by atoms with Crippen LogP contribution in [0.1, 0.15) is 44.9 Å². The smallest absolute Gasteiger partial charge is 0.0136 e. The van der Waals surface area contributed by atoms with Crippen LogP contribution in [-0.4, -0.2) is 48.1 Å². The van der Waals surface area contributed by atoms with Gasteiger partial charge in [0.2, 0.25) is 0 Å². The molecule has 0 spiro atoms. The van der Waals surface area contributed by atoms with Crippen LogP contribution in [0.25, 0.3) is 0 Å². The molecule has 4 saturated heterocycles. The molecule has 0 aromatic rings. The maximum Gasteiger partial charge on any atom is 0.0136 e. The number of piperidine rings is 4. The van der Waals surface area contributed by atoms with Gasteiger partial charge in [-0.15, -0.1) is 0 Å². The standard InChI is InChI=1S/C15H26N2/c1-3-7-16-11-13-9-12(14(16)5-1)10-17-8-4-2-6-15(13)17/h12-15H,1-11H2/t12-,13?,14?,15?/m0/s1. The average Bonchev–Trinajstić information content (AvgIpc) is 2.39. The minimum atomic E-state index is 0.961. The number of nitrogens with zero attached hydrogens (tertiary/aromatic N) is 2. The summed E-state index contributed by atoms with van der Waals surface area (Å²) in [5, 5.41) is 0. The summed E-state index contributed by atoms with van der Waals surface area (Å²) in [6, 6.07) is 1.92. The van der Waals surface area contributed by atoms with Gasteiger partial charge in [-0.05, 0) is 57.0 Å². The highest BCUT2D eigenvalue weighted by Gasteiger charge is 2.46. The Morgan fingerprint density at radius 2 is 1.18 bits per heavy atom. The SMILES string of the molecule is C1CCN2C[C@@H]3CC(CN4CCCCC34)C2C1. The Hall–Kier alpha value is -0.0800. The molecule has 96 valence electrons. The second kappa shape index (κ2) is 4.24. The molecule has 2 nitrogen and oxygen atoms in total. The second-order valence-corrected chi connectivity index (χ2v) is 6.87. The Kier molecular flexibility index (Phi) is 2.69. The predicted molar refractivity (Wildman–Crippen MR) is 70.0 cm³/mol. The Labute approximate surface area is 105 Å². The Bertz CT molecular complexity index is 263. The highest BCUT2D eigenvalue weighted by atomic mass is 15.3. The van der Waals surface area contributed by atoms with Crippen molar-refractivity contribution in [2.24, 2.45) is 11.8 Å². The van der Waals surface area contributed by atoms with Crippen molar-refractivity contribution in [1.82, 2.24) is 9.80 Å². The molecular weight excluding hydrogens is 208 g/mol. The summed E-state index contributed by atoms with van der Waals surface area (Å²) in [5.74, 6) is 2.03. The summed E-state index contributed by atoms with van der Waals surface area (Å²) in [4.78, 5) is 5.74. The van der Waals surface area contributed by atoms with Gasteiger partial charge in [0.15, 0.2) is 0 Å². The molecule has 4 rings (SSSR count). The van der Waals surface area contributed by atoms with Gasteiger partial charge in [-0.25, -0.2) is 0 Å². The maximum absolute atomic E-state index is 2.87. The molecule has 0 radical (unpaired) electrons.